The van der Waals surface area contributed by atoms with E-state index in [-0.39, 0.29) is 24.3 Å². The number of carboxylic acid groups (broad SMARTS) is 1. The average Bonchev–Trinajstić information content (AvgIpc) is 2.94. The van der Waals surface area contributed by atoms with Crippen LogP contribution < -0.4 is 5.32 Å². The number of aliphatic carboxylic acids is 1. The molecule has 1 aliphatic rings. The molecule has 3 rings (SSSR count). The Bertz CT molecular complexity index is 798. The van der Waals surface area contributed by atoms with Gasteiger partial charge in [0.2, 0.25) is 11.8 Å². The van der Waals surface area contributed by atoms with Crippen LogP contribution in [0.1, 0.15) is 24.8 Å². The van der Waals surface area contributed by atoms with Gasteiger partial charge >= 0.3 is 5.97 Å². The van der Waals surface area contributed by atoms with Crippen LogP contribution >= 0.6 is 0 Å². The molecule has 2 atom stereocenters. The second-order valence-electron chi connectivity index (χ2n) is 6.02. The van der Waals surface area contributed by atoms with Crippen LogP contribution in [0.5, 0.6) is 0 Å². The molecule has 1 aromatic carbocycles. The van der Waals surface area contributed by atoms with Crippen LogP contribution in [-0.2, 0) is 14.4 Å². The third-order valence-corrected chi connectivity index (χ3v) is 4.40. The normalized spacial score (nSPS) is 21.0. The van der Waals surface area contributed by atoms with Crippen molar-refractivity contribution in [2.45, 2.75) is 25.3 Å². The Morgan fingerprint density at radius 2 is 2.12 bits per heavy atom. The van der Waals surface area contributed by atoms with Crippen LogP contribution in [0.25, 0.3) is 10.9 Å². The maximum Gasteiger partial charge on any atom is 0.323 e. The zero-order chi connectivity index (χ0) is 17.3. The molecule has 24 heavy (non-hydrogen) atoms. The number of aromatic nitrogens is 1. The van der Waals surface area contributed by atoms with Gasteiger partial charge < -0.3 is 20.3 Å². The summed E-state index contributed by atoms with van der Waals surface area (Å²) in [5.41, 5.74) is 1.93. The van der Waals surface area contributed by atoms with Crippen LogP contribution in [0.15, 0.2) is 30.5 Å². The van der Waals surface area contributed by atoms with Crippen molar-refractivity contribution in [3.8, 4) is 0 Å². The molecule has 0 aliphatic carbocycles. The molecule has 3 N–H and O–H groups in total. The van der Waals surface area contributed by atoms with Gasteiger partial charge in [-0.05, 0) is 18.1 Å². The number of amides is 2. The van der Waals surface area contributed by atoms with Gasteiger partial charge in [-0.15, -0.1) is 0 Å². The molecule has 0 saturated carbocycles. The number of nitrogens with one attached hydrogen (secondary N) is 2. The first-order chi connectivity index (χ1) is 11.5. The number of hydrogen-bond acceptors (Lipinski definition) is 3. The van der Waals surface area contributed by atoms with Gasteiger partial charge in [0.25, 0.3) is 0 Å². The molecule has 1 fully saturated rings. The number of para-hydroxylation sites is 1. The van der Waals surface area contributed by atoms with E-state index in [2.05, 4.69) is 10.3 Å². The van der Waals surface area contributed by atoms with Crippen molar-refractivity contribution in [1.82, 2.24) is 15.2 Å². The summed E-state index contributed by atoms with van der Waals surface area (Å²) in [4.78, 5) is 39.6. The molecule has 1 aliphatic heterocycles. The summed E-state index contributed by atoms with van der Waals surface area (Å²) in [6.45, 7) is 1.36. The number of carbonyl (C=O) groups is 3. The minimum absolute atomic E-state index is 0.192. The number of rotatable bonds is 4. The number of fused-ring (bicyclic) bond motifs is 1. The molecule has 126 valence electrons. The van der Waals surface area contributed by atoms with Crippen LogP contribution in [0.4, 0.5) is 0 Å². The van der Waals surface area contributed by atoms with E-state index in [1.165, 1.54) is 11.8 Å². The SMILES string of the molecule is CC(=O)N[C@H]1C(=O)N(CC(=O)O)CC[C@@H]1c1c[nH]c2ccccc12. The molecule has 2 heterocycles. The number of benzene rings is 1. The number of likely N-dealkylation sites (tertiary alicyclic amines) is 1. The Kier molecular flexibility index (Phi) is 4.24. The Morgan fingerprint density at radius 3 is 2.83 bits per heavy atom. The number of carboxylic acids is 1. The fourth-order valence-corrected chi connectivity index (χ4v) is 3.38. The number of hydrogen-bond donors (Lipinski definition) is 3. The molecule has 0 spiro atoms. The second-order valence-corrected chi connectivity index (χ2v) is 6.02. The minimum Gasteiger partial charge on any atom is -0.480 e. The van der Waals surface area contributed by atoms with E-state index >= 15 is 0 Å². The Balaban J connectivity index is 1.95. The fourth-order valence-electron chi connectivity index (χ4n) is 3.38. The van der Waals surface area contributed by atoms with E-state index in [0.717, 1.165) is 16.5 Å². The number of piperidine rings is 1. The topological polar surface area (TPSA) is 102 Å². The van der Waals surface area contributed by atoms with Gasteiger partial charge in [0.1, 0.15) is 12.6 Å². The van der Waals surface area contributed by atoms with Gasteiger partial charge in [-0.1, -0.05) is 18.2 Å². The Hall–Kier alpha value is -2.83. The van der Waals surface area contributed by atoms with Crippen molar-refractivity contribution in [1.29, 1.82) is 0 Å². The first-order valence-electron chi connectivity index (χ1n) is 7.81. The highest BCUT2D eigenvalue weighted by molar-refractivity contribution is 5.92. The lowest BCUT2D eigenvalue weighted by molar-refractivity contribution is -0.147. The van der Waals surface area contributed by atoms with Gasteiger partial charge in [0.05, 0.1) is 0 Å². The molecule has 0 unspecified atom stereocenters. The van der Waals surface area contributed by atoms with E-state index < -0.39 is 12.0 Å². The largest absolute Gasteiger partial charge is 0.480 e. The summed E-state index contributed by atoms with van der Waals surface area (Å²) in [5.74, 6) is -1.91. The number of H-pyrrole nitrogens is 1. The Labute approximate surface area is 138 Å². The van der Waals surface area contributed by atoms with Gasteiger partial charge in [0.15, 0.2) is 0 Å². The molecular formula is C17H19N3O4. The highest BCUT2D eigenvalue weighted by Gasteiger charge is 2.39. The fraction of sp³-hybridized carbons (Fsp3) is 0.353. The highest BCUT2D eigenvalue weighted by atomic mass is 16.4. The summed E-state index contributed by atoms with van der Waals surface area (Å²) >= 11 is 0. The molecule has 1 aromatic heterocycles. The minimum atomic E-state index is -1.06. The molecule has 2 amide bonds. The smallest absolute Gasteiger partial charge is 0.323 e. The van der Waals surface area contributed by atoms with E-state index in [0.29, 0.717) is 13.0 Å². The summed E-state index contributed by atoms with van der Waals surface area (Å²) < 4.78 is 0. The van der Waals surface area contributed by atoms with Crippen LogP contribution in [-0.4, -0.2) is 51.9 Å². The zero-order valence-corrected chi connectivity index (χ0v) is 13.3. The van der Waals surface area contributed by atoms with Gasteiger partial charge in [-0.2, -0.15) is 0 Å². The quantitative estimate of drug-likeness (QED) is 0.781. The molecule has 1 saturated heterocycles. The first kappa shape index (κ1) is 16.0. The lowest BCUT2D eigenvalue weighted by Crippen LogP contribution is -2.56. The predicted molar refractivity (Wildman–Crippen MR) is 87.5 cm³/mol. The van der Waals surface area contributed by atoms with Gasteiger partial charge in [0, 0.05) is 36.5 Å². The summed E-state index contributed by atoms with van der Waals surface area (Å²) in [5, 5.41) is 12.7. The van der Waals surface area contributed by atoms with Crippen LogP contribution in [0, 0.1) is 0 Å². The van der Waals surface area contributed by atoms with Crippen molar-refractivity contribution < 1.29 is 19.5 Å². The van der Waals surface area contributed by atoms with Crippen molar-refractivity contribution in [3.63, 3.8) is 0 Å². The van der Waals surface area contributed by atoms with Crippen molar-refractivity contribution in [2.24, 2.45) is 0 Å². The lowest BCUT2D eigenvalue weighted by atomic mass is 9.84. The van der Waals surface area contributed by atoms with E-state index in [4.69, 9.17) is 5.11 Å². The molecule has 0 bridgehead atoms. The molecule has 7 heteroatoms. The maximum absolute atomic E-state index is 12.7. The monoisotopic (exact) mass is 329 g/mol. The maximum atomic E-state index is 12.7. The summed E-state index contributed by atoms with van der Waals surface area (Å²) in [7, 11) is 0. The Morgan fingerprint density at radius 1 is 1.38 bits per heavy atom. The lowest BCUT2D eigenvalue weighted by Gasteiger charge is -2.37. The highest BCUT2D eigenvalue weighted by Crippen LogP contribution is 2.34. The second kappa shape index (κ2) is 6.35. The summed E-state index contributed by atoms with van der Waals surface area (Å²) in [6.07, 6.45) is 2.45. The first-order valence-corrected chi connectivity index (χ1v) is 7.81. The van der Waals surface area contributed by atoms with Crippen molar-refractivity contribution in [3.05, 3.63) is 36.0 Å². The average molecular weight is 329 g/mol. The number of carbonyl (C=O) groups excluding carboxylic acids is 2. The molecule has 7 nitrogen and oxygen atoms in total. The zero-order valence-electron chi connectivity index (χ0n) is 13.3. The standard InChI is InChI=1S/C17H19N3O4/c1-10(21)19-16-12(6-7-20(17(16)24)9-15(22)23)13-8-18-14-5-3-2-4-11(13)14/h2-5,8,12,16,18H,6-7,9H2,1H3,(H,19,21)(H,22,23)/t12-,16-/m1/s1. The molecule has 0 radical (unpaired) electrons. The van der Waals surface area contributed by atoms with Crippen LogP contribution in [0.3, 0.4) is 0 Å². The van der Waals surface area contributed by atoms with Gasteiger partial charge in [-0.25, -0.2) is 0 Å². The van der Waals surface area contributed by atoms with Crippen LogP contribution in [0.2, 0.25) is 0 Å². The third-order valence-electron chi connectivity index (χ3n) is 4.40. The van der Waals surface area contributed by atoms with Crippen molar-refractivity contribution >= 4 is 28.7 Å². The van der Waals surface area contributed by atoms with E-state index in [9.17, 15) is 14.4 Å². The number of aromatic amines is 1. The third kappa shape index (κ3) is 2.97. The predicted octanol–water partition coefficient (Wildman–Crippen LogP) is 1.07. The van der Waals surface area contributed by atoms with E-state index in [1.54, 1.807) is 0 Å². The molecular weight excluding hydrogens is 310 g/mol. The van der Waals surface area contributed by atoms with Gasteiger partial charge in [-0.3, -0.25) is 14.4 Å². The van der Waals surface area contributed by atoms with Crippen molar-refractivity contribution in [2.75, 3.05) is 13.1 Å². The molecule has 2 aromatic rings. The number of nitrogens with zero attached hydrogens (tertiary/aromatic N) is 1. The summed E-state index contributed by atoms with van der Waals surface area (Å²) in [6, 6.07) is 7.02. The van der Waals surface area contributed by atoms with E-state index in [1.807, 2.05) is 30.5 Å².